The van der Waals surface area contributed by atoms with Gasteiger partial charge in [0, 0.05) is 18.8 Å². The number of hydrogen-bond donors (Lipinski definition) is 1. The van der Waals surface area contributed by atoms with Crippen molar-refractivity contribution >= 4 is 11.7 Å². The van der Waals surface area contributed by atoms with E-state index in [2.05, 4.69) is 22.3 Å². The number of benzene rings is 2. The minimum absolute atomic E-state index is 0.165. The van der Waals surface area contributed by atoms with Crippen molar-refractivity contribution < 1.29 is 9.53 Å². The van der Waals surface area contributed by atoms with Crippen molar-refractivity contribution in [1.82, 2.24) is 5.32 Å². The second-order valence-electron chi connectivity index (χ2n) is 5.65. The number of carbonyl (C=O) groups is 1. The summed E-state index contributed by atoms with van der Waals surface area (Å²) in [6.07, 6.45) is 0. The molecule has 23 heavy (non-hydrogen) atoms. The number of ether oxygens (including phenoxy) is 1. The van der Waals surface area contributed by atoms with E-state index in [9.17, 15) is 4.79 Å². The molecule has 0 fully saturated rings. The van der Waals surface area contributed by atoms with Gasteiger partial charge < -0.3 is 9.64 Å². The molecule has 0 radical (unpaired) electrons. The first-order valence-corrected chi connectivity index (χ1v) is 8.04. The fraction of sp³-hybridized carbons (Fsp3) is 0.316. The Bertz CT molecular complexity index is 657. The van der Waals surface area contributed by atoms with Gasteiger partial charge in [0.2, 0.25) is 0 Å². The third-order valence-corrected chi connectivity index (χ3v) is 4.13. The predicted octanol–water partition coefficient (Wildman–Crippen LogP) is 2.90. The molecular formula is C19H22N2O2. The topological polar surface area (TPSA) is 41.6 Å². The van der Waals surface area contributed by atoms with Crippen molar-refractivity contribution in [1.29, 1.82) is 0 Å². The van der Waals surface area contributed by atoms with Gasteiger partial charge in [0.1, 0.15) is 0 Å². The van der Waals surface area contributed by atoms with Crippen LogP contribution in [0.3, 0.4) is 0 Å². The lowest BCUT2D eigenvalue weighted by molar-refractivity contribution is -0.144. The molecule has 3 rings (SSSR count). The maximum absolute atomic E-state index is 12.5. The Morgan fingerprint density at radius 1 is 1.17 bits per heavy atom. The highest BCUT2D eigenvalue weighted by molar-refractivity contribution is 5.79. The molecule has 1 N–H and O–H groups in total. The van der Waals surface area contributed by atoms with Crippen LogP contribution in [0.25, 0.3) is 0 Å². The van der Waals surface area contributed by atoms with Gasteiger partial charge in [0.05, 0.1) is 19.2 Å². The maximum atomic E-state index is 12.5. The zero-order valence-corrected chi connectivity index (χ0v) is 13.4. The van der Waals surface area contributed by atoms with Gasteiger partial charge in [-0.15, -0.1) is 0 Å². The SMILES string of the molecule is CCOC(=O)C(CN1CNCc2ccccc21)c1ccccc1. The number of fused-ring (bicyclic) bond motifs is 1. The molecule has 2 aromatic carbocycles. The van der Waals surface area contributed by atoms with Crippen LogP contribution in [0.2, 0.25) is 0 Å². The Hall–Kier alpha value is -2.33. The van der Waals surface area contributed by atoms with Gasteiger partial charge in [-0.25, -0.2) is 0 Å². The highest BCUT2D eigenvalue weighted by Crippen LogP contribution is 2.27. The van der Waals surface area contributed by atoms with Crippen molar-refractivity contribution in [3.8, 4) is 0 Å². The Balaban J connectivity index is 1.86. The van der Waals surface area contributed by atoms with Gasteiger partial charge in [0.15, 0.2) is 0 Å². The Kier molecular flexibility index (Phi) is 4.93. The highest BCUT2D eigenvalue weighted by Gasteiger charge is 2.27. The minimum Gasteiger partial charge on any atom is -0.465 e. The lowest BCUT2D eigenvalue weighted by Gasteiger charge is -2.34. The lowest BCUT2D eigenvalue weighted by Crippen LogP contribution is -2.42. The van der Waals surface area contributed by atoms with Crippen LogP contribution >= 0.6 is 0 Å². The average molecular weight is 310 g/mol. The van der Waals surface area contributed by atoms with Crippen LogP contribution in [0.4, 0.5) is 5.69 Å². The van der Waals surface area contributed by atoms with Crippen molar-refractivity contribution in [3.05, 3.63) is 65.7 Å². The highest BCUT2D eigenvalue weighted by atomic mass is 16.5. The van der Waals surface area contributed by atoms with Gasteiger partial charge in [-0.1, -0.05) is 48.5 Å². The molecule has 1 heterocycles. The molecule has 0 spiro atoms. The van der Waals surface area contributed by atoms with E-state index in [1.807, 2.05) is 49.4 Å². The first-order chi connectivity index (χ1) is 11.3. The summed E-state index contributed by atoms with van der Waals surface area (Å²) in [5, 5.41) is 3.39. The summed E-state index contributed by atoms with van der Waals surface area (Å²) in [6, 6.07) is 18.2. The summed E-state index contributed by atoms with van der Waals surface area (Å²) in [7, 11) is 0. The van der Waals surface area contributed by atoms with E-state index in [1.165, 1.54) is 11.3 Å². The van der Waals surface area contributed by atoms with E-state index in [-0.39, 0.29) is 11.9 Å². The first-order valence-electron chi connectivity index (χ1n) is 8.04. The average Bonchev–Trinajstić information content (AvgIpc) is 2.60. The zero-order chi connectivity index (χ0) is 16.1. The van der Waals surface area contributed by atoms with Crippen LogP contribution in [0.1, 0.15) is 24.0 Å². The molecule has 120 valence electrons. The lowest BCUT2D eigenvalue weighted by atomic mass is 9.97. The Morgan fingerprint density at radius 3 is 2.70 bits per heavy atom. The first kappa shape index (κ1) is 15.6. The monoisotopic (exact) mass is 310 g/mol. The van der Waals surface area contributed by atoms with E-state index >= 15 is 0 Å². The van der Waals surface area contributed by atoms with E-state index in [0.29, 0.717) is 13.2 Å². The maximum Gasteiger partial charge on any atom is 0.315 e. The van der Waals surface area contributed by atoms with Gasteiger partial charge in [-0.2, -0.15) is 0 Å². The van der Waals surface area contributed by atoms with E-state index in [1.54, 1.807) is 0 Å². The van der Waals surface area contributed by atoms with Crippen LogP contribution in [0.15, 0.2) is 54.6 Å². The standard InChI is InChI=1S/C19H22N2O2/c1-2-23-19(22)17(15-8-4-3-5-9-15)13-21-14-20-12-16-10-6-7-11-18(16)21/h3-11,17,20H,2,12-14H2,1H3. The molecule has 4 heteroatoms. The summed E-state index contributed by atoms with van der Waals surface area (Å²) in [5.41, 5.74) is 3.44. The summed E-state index contributed by atoms with van der Waals surface area (Å²) in [6.45, 7) is 4.45. The molecular weight excluding hydrogens is 288 g/mol. The smallest absolute Gasteiger partial charge is 0.315 e. The third kappa shape index (κ3) is 3.54. The van der Waals surface area contributed by atoms with Crippen LogP contribution in [0, 0.1) is 0 Å². The fourth-order valence-electron chi connectivity index (χ4n) is 3.01. The van der Waals surface area contributed by atoms with Crippen LogP contribution < -0.4 is 10.2 Å². The number of anilines is 1. The van der Waals surface area contributed by atoms with Crippen LogP contribution in [-0.2, 0) is 16.1 Å². The molecule has 1 atom stereocenters. The number of esters is 1. The predicted molar refractivity (Wildman–Crippen MR) is 91.3 cm³/mol. The van der Waals surface area contributed by atoms with Crippen molar-refractivity contribution in [2.75, 3.05) is 24.7 Å². The molecule has 0 saturated carbocycles. The number of para-hydroxylation sites is 1. The number of nitrogens with zero attached hydrogens (tertiary/aromatic N) is 1. The van der Waals surface area contributed by atoms with Crippen molar-refractivity contribution in [2.45, 2.75) is 19.4 Å². The number of nitrogens with one attached hydrogen (secondary N) is 1. The molecule has 1 unspecified atom stereocenters. The van der Waals surface area contributed by atoms with E-state index < -0.39 is 0 Å². The molecule has 0 aromatic heterocycles. The van der Waals surface area contributed by atoms with E-state index in [0.717, 1.165) is 18.8 Å². The number of carbonyl (C=O) groups excluding carboxylic acids is 1. The molecule has 0 amide bonds. The fourth-order valence-corrected chi connectivity index (χ4v) is 3.01. The zero-order valence-electron chi connectivity index (χ0n) is 13.4. The molecule has 1 aliphatic heterocycles. The largest absolute Gasteiger partial charge is 0.465 e. The minimum atomic E-state index is -0.288. The van der Waals surface area contributed by atoms with E-state index in [4.69, 9.17) is 4.74 Å². The summed E-state index contributed by atoms with van der Waals surface area (Å²) in [4.78, 5) is 14.7. The Morgan fingerprint density at radius 2 is 1.91 bits per heavy atom. The molecule has 0 saturated heterocycles. The molecule has 2 aromatic rings. The molecule has 4 nitrogen and oxygen atoms in total. The second-order valence-corrected chi connectivity index (χ2v) is 5.65. The normalized spacial score (nSPS) is 14.9. The summed E-state index contributed by atoms with van der Waals surface area (Å²) < 4.78 is 5.30. The quantitative estimate of drug-likeness (QED) is 0.862. The Labute approximate surface area is 137 Å². The third-order valence-electron chi connectivity index (χ3n) is 4.13. The van der Waals surface area contributed by atoms with Crippen molar-refractivity contribution in [2.24, 2.45) is 0 Å². The number of rotatable bonds is 5. The number of hydrogen-bond acceptors (Lipinski definition) is 4. The summed E-state index contributed by atoms with van der Waals surface area (Å²) >= 11 is 0. The van der Waals surface area contributed by atoms with Gasteiger partial charge in [0.25, 0.3) is 0 Å². The van der Waals surface area contributed by atoms with Gasteiger partial charge >= 0.3 is 5.97 Å². The van der Waals surface area contributed by atoms with Crippen LogP contribution in [0.5, 0.6) is 0 Å². The summed E-state index contributed by atoms with van der Waals surface area (Å²) in [5.74, 6) is -0.453. The van der Waals surface area contributed by atoms with Gasteiger partial charge in [-0.3, -0.25) is 10.1 Å². The van der Waals surface area contributed by atoms with Crippen molar-refractivity contribution in [3.63, 3.8) is 0 Å². The molecule has 0 bridgehead atoms. The molecule has 1 aliphatic rings. The molecule has 0 aliphatic carbocycles. The van der Waals surface area contributed by atoms with Gasteiger partial charge in [-0.05, 0) is 24.1 Å². The van der Waals surface area contributed by atoms with Crippen LogP contribution in [-0.4, -0.2) is 25.8 Å². The second kappa shape index (κ2) is 7.29.